The number of hydrogen-bond acceptors (Lipinski definition) is 6. The van der Waals surface area contributed by atoms with Gasteiger partial charge in [0.2, 0.25) is 0 Å². The minimum Gasteiger partial charge on any atom is -0.466 e. The third kappa shape index (κ3) is 4.67. The molecule has 0 bridgehead atoms. The van der Waals surface area contributed by atoms with Gasteiger partial charge in [0.05, 0.1) is 11.9 Å². The van der Waals surface area contributed by atoms with Crippen molar-refractivity contribution in [1.82, 2.24) is 14.8 Å². The second-order valence-electron chi connectivity index (χ2n) is 5.07. The number of hydrogen-bond donors (Lipinski definition) is 0. The van der Waals surface area contributed by atoms with Crippen molar-refractivity contribution >= 4 is 39.4 Å². The highest BCUT2D eigenvalue weighted by Crippen LogP contribution is 2.25. The summed E-state index contributed by atoms with van der Waals surface area (Å²) in [5.74, 6) is 0.185. The van der Waals surface area contributed by atoms with Crippen LogP contribution in [0.15, 0.2) is 33.9 Å². The lowest BCUT2D eigenvalue weighted by molar-refractivity contribution is -0.142. The van der Waals surface area contributed by atoms with E-state index in [2.05, 4.69) is 26.1 Å². The molecule has 0 fully saturated rings. The van der Waals surface area contributed by atoms with Crippen molar-refractivity contribution in [3.8, 4) is 0 Å². The van der Waals surface area contributed by atoms with Crippen molar-refractivity contribution in [3.63, 3.8) is 0 Å². The summed E-state index contributed by atoms with van der Waals surface area (Å²) >= 11 is 4.67. The molecule has 24 heavy (non-hydrogen) atoms. The summed E-state index contributed by atoms with van der Waals surface area (Å²) in [7, 11) is 1.77. The summed E-state index contributed by atoms with van der Waals surface area (Å²) < 4.78 is 7.55. The van der Waals surface area contributed by atoms with Crippen LogP contribution in [0.25, 0.3) is 0 Å². The van der Waals surface area contributed by atoms with E-state index in [1.54, 1.807) is 30.7 Å². The number of ketones is 1. The Morgan fingerprint density at radius 2 is 1.96 bits per heavy atom. The lowest BCUT2D eigenvalue weighted by Gasteiger charge is -2.10. The SMILES string of the molecule is CCOC(=O)Cc1nnc(S[C@@H](C)C(=O)c2ccc(Br)cc2)n1C. The molecule has 128 valence electrons. The number of aromatic nitrogens is 3. The molecule has 0 unspecified atom stereocenters. The number of thioether (sulfide) groups is 1. The number of Topliss-reactive ketones (excluding diaryl/α,β-unsaturated/α-hetero) is 1. The van der Waals surface area contributed by atoms with E-state index in [9.17, 15) is 9.59 Å². The van der Waals surface area contributed by atoms with Crippen LogP contribution in [-0.2, 0) is 23.0 Å². The van der Waals surface area contributed by atoms with Crippen LogP contribution in [-0.4, -0.2) is 38.4 Å². The molecule has 1 aromatic carbocycles. The molecule has 1 aromatic heterocycles. The zero-order chi connectivity index (χ0) is 17.7. The summed E-state index contributed by atoms with van der Waals surface area (Å²) in [5.41, 5.74) is 0.645. The lowest BCUT2D eigenvalue weighted by Crippen LogP contribution is -2.15. The van der Waals surface area contributed by atoms with Crippen LogP contribution in [0, 0.1) is 0 Å². The van der Waals surface area contributed by atoms with E-state index in [0.717, 1.165) is 4.47 Å². The Bertz CT molecular complexity index is 731. The van der Waals surface area contributed by atoms with Gasteiger partial charge in [-0.1, -0.05) is 39.8 Å². The number of carbonyl (C=O) groups excluding carboxylic acids is 2. The fourth-order valence-corrected chi connectivity index (χ4v) is 3.18. The second-order valence-corrected chi connectivity index (χ2v) is 7.29. The molecule has 0 N–H and O–H groups in total. The molecular weight excluding hydrogens is 394 g/mol. The van der Waals surface area contributed by atoms with E-state index < -0.39 is 0 Å². The van der Waals surface area contributed by atoms with Crippen molar-refractivity contribution in [1.29, 1.82) is 0 Å². The van der Waals surface area contributed by atoms with Gasteiger partial charge < -0.3 is 9.30 Å². The maximum Gasteiger partial charge on any atom is 0.313 e. The van der Waals surface area contributed by atoms with Crippen LogP contribution in [0.1, 0.15) is 30.0 Å². The van der Waals surface area contributed by atoms with Gasteiger partial charge in [-0.3, -0.25) is 9.59 Å². The number of halogens is 1. The predicted octanol–water partition coefficient (Wildman–Crippen LogP) is 3.05. The molecule has 1 atom stereocenters. The van der Waals surface area contributed by atoms with Crippen LogP contribution in [0.2, 0.25) is 0 Å². The quantitative estimate of drug-likeness (QED) is 0.396. The van der Waals surface area contributed by atoms with Gasteiger partial charge in [0, 0.05) is 17.1 Å². The van der Waals surface area contributed by atoms with Gasteiger partial charge >= 0.3 is 5.97 Å². The Morgan fingerprint density at radius 1 is 1.29 bits per heavy atom. The Balaban J connectivity index is 2.05. The third-order valence-electron chi connectivity index (χ3n) is 3.31. The van der Waals surface area contributed by atoms with Crippen LogP contribution in [0.5, 0.6) is 0 Å². The Kier molecular flexibility index (Phi) is 6.56. The zero-order valence-electron chi connectivity index (χ0n) is 13.7. The molecule has 2 rings (SSSR count). The first kappa shape index (κ1) is 18.7. The molecule has 1 heterocycles. The Morgan fingerprint density at radius 3 is 2.58 bits per heavy atom. The van der Waals surface area contributed by atoms with E-state index in [0.29, 0.717) is 23.2 Å². The van der Waals surface area contributed by atoms with E-state index in [1.807, 2.05) is 19.1 Å². The number of carbonyl (C=O) groups is 2. The van der Waals surface area contributed by atoms with Gasteiger partial charge in [-0.25, -0.2) is 0 Å². The van der Waals surface area contributed by atoms with Crippen molar-refractivity contribution in [3.05, 3.63) is 40.1 Å². The highest BCUT2D eigenvalue weighted by molar-refractivity contribution is 9.10. The third-order valence-corrected chi connectivity index (χ3v) is 4.98. The van der Waals surface area contributed by atoms with Crippen molar-refractivity contribution in [2.75, 3.05) is 6.61 Å². The Labute approximate surface area is 153 Å². The fraction of sp³-hybridized carbons (Fsp3) is 0.375. The van der Waals surface area contributed by atoms with Gasteiger partial charge in [-0.05, 0) is 26.0 Å². The number of esters is 1. The van der Waals surface area contributed by atoms with Crippen molar-refractivity contribution in [2.24, 2.45) is 7.05 Å². The number of benzene rings is 1. The largest absolute Gasteiger partial charge is 0.466 e. The first-order valence-electron chi connectivity index (χ1n) is 7.42. The smallest absolute Gasteiger partial charge is 0.313 e. The maximum absolute atomic E-state index is 12.5. The number of ether oxygens (including phenoxy) is 1. The van der Waals surface area contributed by atoms with Gasteiger partial charge in [0.25, 0.3) is 0 Å². The fourth-order valence-electron chi connectivity index (χ4n) is 2.00. The second kappa shape index (κ2) is 8.43. The van der Waals surface area contributed by atoms with Crippen molar-refractivity contribution < 1.29 is 14.3 Å². The summed E-state index contributed by atoms with van der Waals surface area (Å²) in [6, 6.07) is 7.24. The van der Waals surface area contributed by atoms with E-state index in [4.69, 9.17) is 4.74 Å². The summed E-state index contributed by atoms with van der Waals surface area (Å²) in [5, 5.41) is 8.35. The summed E-state index contributed by atoms with van der Waals surface area (Å²) in [6.07, 6.45) is 0.0624. The minimum absolute atomic E-state index is 0.0162. The molecular formula is C16H18BrN3O3S. The van der Waals surface area contributed by atoms with Crippen LogP contribution in [0.3, 0.4) is 0 Å². The van der Waals surface area contributed by atoms with E-state index >= 15 is 0 Å². The van der Waals surface area contributed by atoms with E-state index in [1.165, 1.54) is 11.8 Å². The lowest BCUT2D eigenvalue weighted by atomic mass is 10.1. The molecule has 2 aromatic rings. The molecule has 0 aliphatic heterocycles. The number of rotatable bonds is 7. The molecule has 0 saturated carbocycles. The average molecular weight is 412 g/mol. The normalized spacial score (nSPS) is 12.0. The van der Waals surface area contributed by atoms with Gasteiger partial charge in [0.15, 0.2) is 10.9 Å². The zero-order valence-corrected chi connectivity index (χ0v) is 16.1. The molecule has 0 saturated heterocycles. The van der Waals surface area contributed by atoms with Crippen molar-refractivity contribution in [2.45, 2.75) is 30.7 Å². The molecule has 0 amide bonds. The van der Waals surface area contributed by atoms with Gasteiger partial charge in [0.1, 0.15) is 12.2 Å². The maximum atomic E-state index is 12.5. The van der Waals surface area contributed by atoms with Gasteiger partial charge in [-0.15, -0.1) is 10.2 Å². The average Bonchev–Trinajstić information content (AvgIpc) is 2.88. The highest BCUT2D eigenvalue weighted by atomic mass is 79.9. The first-order valence-corrected chi connectivity index (χ1v) is 9.10. The molecule has 0 radical (unpaired) electrons. The topological polar surface area (TPSA) is 74.1 Å². The molecule has 0 aliphatic carbocycles. The van der Waals surface area contributed by atoms with Crippen LogP contribution in [0.4, 0.5) is 0 Å². The summed E-state index contributed by atoms with van der Waals surface area (Å²) in [4.78, 5) is 24.0. The van der Waals surface area contributed by atoms with E-state index in [-0.39, 0.29) is 23.4 Å². The standard InChI is InChI=1S/C16H18BrN3O3S/c1-4-23-14(21)9-13-18-19-16(20(13)3)24-10(2)15(22)11-5-7-12(17)8-6-11/h5-8,10H,4,9H2,1-3H3/t10-/m0/s1. The van der Waals surface area contributed by atoms with Crippen LogP contribution >= 0.6 is 27.7 Å². The van der Waals surface area contributed by atoms with Crippen LogP contribution < -0.4 is 0 Å². The first-order chi connectivity index (χ1) is 11.4. The van der Waals surface area contributed by atoms with Gasteiger partial charge in [-0.2, -0.15) is 0 Å². The monoisotopic (exact) mass is 411 g/mol. The minimum atomic E-state index is -0.344. The Hall–Kier alpha value is -1.67. The molecule has 0 aliphatic rings. The highest BCUT2D eigenvalue weighted by Gasteiger charge is 2.21. The molecule has 0 spiro atoms. The predicted molar refractivity (Wildman–Crippen MR) is 95.1 cm³/mol. The molecule has 6 nitrogen and oxygen atoms in total. The molecule has 8 heteroatoms. The number of nitrogens with zero attached hydrogens (tertiary/aromatic N) is 3. The summed E-state index contributed by atoms with van der Waals surface area (Å²) in [6.45, 7) is 3.91.